The zero-order chi connectivity index (χ0) is 24.3. The molecular weight excluding hydrogens is 434 g/mol. The highest BCUT2D eigenvalue weighted by molar-refractivity contribution is 5.86. The van der Waals surface area contributed by atoms with Crippen LogP contribution in [0.1, 0.15) is 78.1 Å². The molecule has 1 saturated heterocycles. The van der Waals surface area contributed by atoms with E-state index in [4.69, 9.17) is 4.74 Å². The van der Waals surface area contributed by atoms with Crippen LogP contribution in [0.3, 0.4) is 0 Å². The van der Waals surface area contributed by atoms with Gasteiger partial charge in [0.2, 0.25) is 11.8 Å². The molecule has 1 aliphatic heterocycles. The molecule has 0 aromatic carbocycles. The number of hydrogen-bond acceptors (Lipinski definition) is 5. The van der Waals surface area contributed by atoms with E-state index in [0.29, 0.717) is 37.8 Å². The first-order valence-corrected chi connectivity index (χ1v) is 13.4. The normalized spacial score (nSPS) is 33.5. The van der Waals surface area contributed by atoms with Gasteiger partial charge < -0.3 is 25.8 Å². The van der Waals surface area contributed by atoms with Gasteiger partial charge in [-0.15, -0.1) is 0 Å². The molecule has 8 nitrogen and oxygen atoms in total. The van der Waals surface area contributed by atoms with Gasteiger partial charge in [0.1, 0.15) is 6.04 Å². The predicted octanol–water partition coefficient (Wildman–Crippen LogP) is 2.74. The third-order valence-electron chi connectivity index (χ3n) is 8.64. The second kappa shape index (κ2) is 10.8. The van der Waals surface area contributed by atoms with E-state index >= 15 is 0 Å². The number of carbonyl (C=O) groups excluding carboxylic acids is 3. The predicted molar refractivity (Wildman–Crippen MR) is 128 cm³/mol. The van der Waals surface area contributed by atoms with E-state index in [1.54, 1.807) is 0 Å². The van der Waals surface area contributed by atoms with Crippen molar-refractivity contribution in [2.24, 2.45) is 35.0 Å². The number of aliphatic hydroxyl groups excluding tert-OH is 1. The lowest BCUT2D eigenvalue weighted by Crippen LogP contribution is -2.51. The molecule has 5 rings (SSSR count). The Bertz CT molecular complexity index is 719. The van der Waals surface area contributed by atoms with Gasteiger partial charge in [0.15, 0.2) is 0 Å². The summed E-state index contributed by atoms with van der Waals surface area (Å²) in [6.45, 7) is 4.76. The lowest BCUT2D eigenvalue weighted by Gasteiger charge is -2.57. The fourth-order valence-electron chi connectivity index (χ4n) is 7.54. The standard InChI is InChI=1S/C26H43N3O5/c1-16(2)7-22(24(32)28-21(15-30)11-20-3-5-27-23(20)31)29-25(33)34-6-4-26-12-17-8-18(13-26)10-19(9-17)14-26/h16-22,30H,3-15H2,1-2H3,(H,27,31)(H,28,32)(H,29,33)/t17?,18?,19?,20-,21-,22-,26?/m0/s1. The molecule has 4 bridgehead atoms. The zero-order valence-corrected chi connectivity index (χ0v) is 20.8. The van der Waals surface area contributed by atoms with Gasteiger partial charge in [0.25, 0.3) is 0 Å². The Kier molecular flexibility index (Phi) is 8.05. The third kappa shape index (κ3) is 6.23. The van der Waals surface area contributed by atoms with Crippen LogP contribution in [0.4, 0.5) is 4.79 Å². The number of carbonyl (C=O) groups is 3. The van der Waals surface area contributed by atoms with Crippen molar-refractivity contribution in [3.8, 4) is 0 Å². The molecule has 0 aromatic rings. The van der Waals surface area contributed by atoms with Crippen LogP contribution in [0.15, 0.2) is 0 Å². The van der Waals surface area contributed by atoms with Crippen molar-refractivity contribution in [3.05, 3.63) is 0 Å². The largest absolute Gasteiger partial charge is 0.450 e. The molecule has 0 aromatic heterocycles. The summed E-state index contributed by atoms with van der Waals surface area (Å²) in [5.74, 6) is 2.22. The highest BCUT2D eigenvalue weighted by atomic mass is 16.5. The average molecular weight is 478 g/mol. The molecule has 5 fully saturated rings. The van der Waals surface area contributed by atoms with Crippen LogP contribution < -0.4 is 16.0 Å². The smallest absolute Gasteiger partial charge is 0.407 e. The fraction of sp³-hybridized carbons (Fsp3) is 0.885. The first-order chi connectivity index (χ1) is 16.2. The van der Waals surface area contributed by atoms with E-state index < -0.39 is 18.2 Å². The number of rotatable bonds is 11. The number of alkyl carbamates (subject to hydrolysis) is 1. The summed E-state index contributed by atoms with van der Waals surface area (Å²) in [7, 11) is 0. The topological polar surface area (TPSA) is 117 Å². The Balaban J connectivity index is 1.25. The molecule has 34 heavy (non-hydrogen) atoms. The van der Waals surface area contributed by atoms with Crippen molar-refractivity contribution in [3.63, 3.8) is 0 Å². The molecule has 5 aliphatic rings. The SMILES string of the molecule is CC(C)C[C@H](NC(=O)OCCC12CC3CC(CC(C3)C1)C2)C(=O)N[C@H](CO)C[C@@H]1CCNC1=O. The van der Waals surface area contributed by atoms with E-state index in [9.17, 15) is 19.5 Å². The van der Waals surface area contributed by atoms with Gasteiger partial charge in [-0.3, -0.25) is 9.59 Å². The van der Waals surface area contributed by atoms with Crippen LogP contribution >= 0.6 is 0 Å². The number of nitrogens with one attached hydrogen (secondary N) is 3. The second-order valence-corrected chi connectivity index (χ2v) is 12.0. The maximum absolute atomic E-state index is 12.9. The average Bonchev–Trinajstić information content (AvgIpc) is 3.15. The quantitative estimate of drug-likeness (QED) is 0.365. The summed E-state index contributed by atoms with van der Waals surface area (Å²) in [4.78, 5) is 37.4. The van der Waals surface area contributed by atoms with Gasteiger partial charge >= 0.3 is 6.09 Å². The highest BCUT2D eigenvalue weighted by Crippen LogP contribution is 2.61. The zero-order valence-electron chi connectivity index (χ0n) is 20.8. The van der Waals surface area contributed by atoms with Crippen molar-refractivity contribution >= 4 is 17.9 Å². The van der Waals surface area contributed by atoms with Crippen molar-refractivity contribution in [1.82, 2.24) is 16.0 Å². The maximum Gasteiger partial charge on any atom is 0.407 e. The van der Waals surface area contributed by atoms with E-state index in [1.807, 2.05) is 13.8 Å². The monoisotopic (exact) mass is 477 g/mol. The second-order valence-electron chi connectivity index (χ2n) is 12.0. The van der Waals surface area contributed by atoms with Gasteiger partial charge in [0, 0.05) is 12.5 Å². The van der Waals surface area contributed by atoms with Gasteiger partial charge in [-0.05, 0) is 93.3 Å². The first kappa shape index (κ1) is 25.3. The molecule has 3 amide bonds. The van der Waals surface area contributed by atoms with Crippen molar-refractivity contribution < 1.29 is 24.2 Å². The molecule has 4 N–H and O–H groups in total. The highest BCUT2D eigenvalue weighted by Gasteiger charge is 2.50. The van der Waals surface area contributed by atoms with Crippen LogP contribution in [0.2, 0.25) is 0 Å². The molecule has 192 valence electrons. The molecular formula is C26H43N3O5. The molecule has 8 heteroatoms. The molecule has 4 saturated carbocycles. The summed E-state index contributed by atoms with van der Waals surface area (Å²) in [6.07, 6.45) is 9.96. The summed E-state index contributed by atoms with van der Waals surface area (Å²) in [6, 6.07) is -1.26. The number of amides is 3. The molecule has 0 unspecified atom stereocenters. The van der Waals surface area contributed by atoms with Gasteiger partial charge in [0.05, 0.1) is 19.3 Å². The van der Waals surface area contributed by atoms with Gasteiger partial charge in [-0.25, -0.2) is 4.79 Å². The minimum atomic E-state index is -0.737. The fourth-order valence-corrected chi connectivity index (χ4v) is 7.54. The Hall–Kier alpha value is -1.83. The minimum absolute atomic E-state index is 0.0350. The summed E-state index contributed by atoms with van der Waals surface area (Å²) >= 11 is 0. The minimum Gasteiger partial charge on any atom is -0.450 e. The first-order valence-electron chi connectivity index (χ1n) is 13.4. The van der Waals surface area contributed by atoms with Crippen LogP contribution in [0.25, 0.3) is 0 Å². The number of hydrogen-bond donors (Lipinski definition) is 4. The van der Waals surface area contributed by atoms with Crippen LogP contribution in [-0.2, 0) is 14.3 Å². The van der Waals surface area contributed by atoms with Gasteiger partial charge in [-0.1, -0.05) is 13.8 Å². The van der Waals surface area contributed by atoms with Crippen LogP contribution in [-0.4, -0.2) is 54.9 Å². The number of aliphatic hydroxyl groups is 1. The maximum atomic E-state index is 12.9. The molecule has 0 radical (unpaired) electrons. The lowest BCUT2D eigenvalue weighted by atomic mass is 9.49. The van der Waals surface area contributed by atoms with E-state index in [1.165, 1.54) is 38.5 Å². The van der Waals surface area contributed by atoms with Crippen molar-refractivity contribution in [1.29, 1.82) is 0 Å². The van der Waals surface area contributed by atoms with Crippen LogP contribution in [0.5, 0.6) is 0 Å². The Morgan fingerprint density at radius 2 is 1.76 bits per heavy atom. The molecule has 4 aliphatic carbocycles. The Labute approximate surface area is 203 Å². The third-order valence-corrected chi connectivity index (χ3v) is 8.64. The number of ether oxygens (including phenoxy) is 1. The Morgan fingerprint density at radius 1 is 1.12 bits per heavy atom. The summed E-state index contributed by atoms with van der Waals surface area (Å²) in [5, 5.41) is 18.1. The summed E-state index contributed by atoms with van der Waals surface area (Å²) < 4.78 is 5.56. The van der Waals surface area contributed by atoms with Crippen LogP contribution in [0, 0.1) is 35.0 Å². The lowest BCUT2D eigenvalue weighted by molar-refractivity contribution is -0.126. The van der Waals surface area contributed by atoms with Gasteiger partial charge in [-0.2, -0.15) is 0 Å². The molecule has 3 atom stereocenters. The van der Waals surface area contributed by atoms with Crippen molar-refractivity contribution in [2.75, 3.05) is 19.8 Å². The van der Waals surface area contributed by atoms with Crippen molar-refractivity contribution in [2.45, 2.75) is 90.1 Å². The Morgan fingerprint density at radius 3 is 2.29 bits per heavy atom. The van der Waals surface area contributed by atoms with E-state index in [-0.39, 0.29) is 30.3 Å². The molecule has 0 spiro atoms. The van der Waals surface area contributed by atoms with E-state index in [0.717, 1.165) is 24.2 Å². The van der Waals surface area contributed by atoms with E-state index in [2.05, 4.69) is 16.0 Å². The molecule has 1 heterocycles. The summed E-state index contributed by atoms with van der Waals surface area (Å²) in [5.41, 5.74) is 0.352.